The molecule has 1 aromatic heterocycles. The van der Waals surface area contributed by atoms with Gasteiger partial charge in [-0.25, -0.2) is 0 Å². The molecule has 3 nitrogen and oxygen atoms in total. The molecule has 1 aromatic carbocycles. The van der Waals surface area contributed by atoms with Crippen LogP contribution in [0, 0.1) is 6.92 Å². The van der Waals surface area contributed by atoms with Crippen LogP contribution in [0.1, 0.15) is 24.7 Å². The molecule has 1 atom stereocenters. The molecule has 3 heteroatoms. The summed E-state index contributed by atoms with van der Waals surface area (Å²) in [6, 6.07) is 8.07. The van der Waals surface area contributed by atoms with Gasteiger partial charge in [-0.05, 0) is 13.3 Å². The molecule has 2 aromatic rings. The van der Waals surface area contributed by atoms with E-state index in [0.717, 1.165) is 28.6 Å². The van der Waals surface area contributed by atoms with Gasteiger partial charge in [0.2, 0.25) is 0 Å². The SMILES string of the molecule is CCC(O)Cc1nnc(C)c2ccccc12. The highest BCUT2D eigenvalue weighted by molar-refractivity contribution is 5.86. The molecular weight excluding hydrogens is 200 g/mol. The monoisotopic (exact) mass is 216 g/mol. The van der Waals surface area contributed by atoms with E-state index in [2.05, 4.69) is 10.2 Å². The quantitative estimate of drug-likeness (QED) is 0.856. The lowest BCUT2D eigenvalue weighted by atomic mass is 10.0. The van der Waals surface area contributed by atoms with Crippen LogP contribution < -0.4 is 0 Å². The molecule has 0 spiro atoms. The highest BCUT2D eigenvalue weighted by Crippen LogP contribution is 2.19. The van der Waals surface area contributed by atoms with Crippen LogP contribution in [0.15, 0.2) is 24.3 Å². The third-order valence-electron chi connectivity index (χ3n) is 2.85. The molecular formula is C13H16N2O. The molecule has 0 amide bonds. The molecule has 0 fully saturated rings. The molecule has 0 aliphatic rings. The number of fused-ring (bicyclic) bond motifs is 1. The zero-order valence-electron chi connectivity index (χ0n) is 9.64. The largest absolute Gasteiger partial charge is 0.393 e. The topological polar surface area (TPSA) is 46.0 Å². The summed E-state index contributed by atoms with van der Waals surface area (Å²) < 4.78 is 0. The van der Waals surface area contributed by atoms with Gasteiger partial charge in [-0.15, -0.1) is 0 Å². The summed E-state index contributed by atoms with van der Waals surface area (Å²) in [6.07, 6.45) is 0.981. The Hall–Kier alpha value is -1.48. The first-order valence-corrected chi connectivity index (χ1v) is 5.61. The second-order valence-corrected chi connectivity index (χ2v) is 4.04. The molecule has 0 aliphatic heterocycles. The summed E-state index contributed by atoms with van der Waals surface area (Å²) >= 11 is 0. The number of rotatable bonds is 3. The third kappa shape index (κ3) is 2.04. The van der Waals surface area contributed by atoms with Gasteiger partial charge in [-0.3, -0.25) is 0 Å². The predicted octanol–water partition coefficient (Wildman–Crippen LogP) is 2.25. The summed E-state index contributed by atoms with van der Waals surface area (Å²) in [5.74, 6) is 0. The molecule has 1 unspecified atom stereocenters. The molecule has 1 heterocycles. The fourth-order valence-electron chi connectivity index (χ4n) is 1.81. The summed E-state index contributed by atoms with van der Waals surface area (Å²) in [6.45, 7) is 3.92. The maximum absolute atomic E-state index is 9.67. The smallest absolute Gasteiger partial charge is 0.0735 e. The van der Waals surface area contributed by atoms with E-state index in [0.29, 0.717) is 6.42 Å². The van der Waals surface area contributed by atoms with Crippen molar-refractivity contribution in [3.8, 4) is 0 Å². The van der Waals surface area contributed by atoms with Crippen molar-refractivity contribution in [2.24, 2.45) is 0 Å². The van der Waals surface area contributed by atoms with Crippen molar-refractivity contribution in [1.29, 1.82) is 0 Å². The van der Waals surface area contributed by atoms with Crippen molar-refractivity contribution in [2.75, 3.05) is 0 Å². The highest BCUT2D eigenvalue weighted by atomic mass is 16.3. The van der Waals surface area contributed by atoms with Crippen molar-refractivity contribution in [3.05, 3.63) is 35.7 Å². The Kier molecular flexibility index (Phi) is 3.15. The zero-order valence-corrected chi connectivity index (χ0v) is 9.64. The van der Waals surface area contributed by atoms with Gasteiger partial charge in [0.1, 0.15) is 0 Å². The molecule has 84 valence electrons. The van der Waals surface area contributed by atoms with Gasteiger partial charge in [-0.2, -0.15) is 10.2 Å². The van der Waals surface area contributed by atoms with Crippen LogP contribution in [0.4, 0.5) is 0 Å². The lowest BCUT2D eigenvalue weighted by Crippen LogP contribution is -2.11. The molecule has 2 rings (SSSR count). The van der Waals surface area contributed by atoms with Crippen LogP contribution in [0.2, 0.25) is 0 Å². The number of aromatic nitrogens is 2. The number of aryl methyl sites for hydroxylation is 1. The highest BCUT2D eigenvalue weighted by Gasteiger charge is 2.09. The van der Waals surface area contributed by atoms with Gasteiger partial charge in [0.15, 0.2) is 0 Å². The maximum atomic E-state index is 9.67. The van der Waals surface area contributed by atoms with Gasteiger partial charge < -0.3 is 5.11 Å². The van der Waals surface area contributed by atoms with E-state index in [4.69, 9.17) is 0 Å². The van der Waals surface area contributed by atoms with Crippen LogP contribution in [0.25, 0.3) is 10.8 Å². The molecule has 0 aliphatic carbocycles. The lowest BCUT2D eigenvalue weighted by Gasteiger charge is -2.09. The van der Waals surface area contributed by atoms with Crippen LogP contribution in [-0.4, -0.2) is 21.4 Å². The van der Waals surface area contributed by atoms with Crippen LogP contribution in [-0.2, 0) is 6.42 Å². The number of hydrogen-bond donors (Lipinski definition) is 1. The minimum absolute atomic E-state index is 0.333. The fourth-order valence-corrected chi connectivity index (χ4v) is 1.81. The molecule has 0 bridgehead atoms. The number of aliphatic hydroxyl groups excluding tert-OH is 1. The summed E-state index contributed by atoms with van der Waals surface area (Å²) in [5.41, 5.74) is 1.82. The van der Waals surface area contributed by atoms with Crippen molar-refractivity contribution < 1.29 is 5.11 Å². The minimum atomic E-state index is -0.333. The van der Waals surface area contributed by atoms with Crippen LogP contribution in [0.5, 0.6) is 0 Å². The van der Waals surface area contributed by atoms with Gasteiger partial charge in [0.05, 0.1) is 17.5 Å². The van der Waals surface area contributed by atoms with Gasteiger partial charge in [0, 0.05) is 17.2 Å². The van der Waals surface area contributed by atoms with E-state index < -0.39 is 0 Å². The van der Waals surface area contributed by atoms with E-state index in [-0.39, 0.29) is 6.10 Å². The predicted molar refractivity (Wildman–Crippen MR) is 64.3 cm³/mol. The van der Waals surface area contributed by atoms with Crippen molar-refractivity contribution >= 4 is 10.8 Å². The molecule has 0 saturated carbocycles. The summed E-state index contributed by atoms with van der Waals surface area (Å²) in [5, 5.41) is 20.2. The second-order valence-electron chi connectivity index (χ2n) is 4.04. The standard InChI is InChI=1S/C13H16N2O/c1-3-10(16)8-13-12-7-5-4-6-11(12)9(2)14-15-13/h4-7,10,16H,3,8H2,1-2H3. The molecule has 1 N–H and O–H groups in total. The second kappa shape index (κ2) is 4.58. The minimum Gasteiger partial charge on any atom is -0.393 e. The zero-order chi connectivity index (χ0) is 11.5. The molecule has 16 heavy (non-hydrogen) atoms. The Labute approximate surface area is 95.1 Å². The Bertz CT molecular complexity index is 496. The van der Waals surface area contributed by atoms with E-state index in [1.807, 2.05) is 38.1 Å². The maximum Gasteiger partial charge on any atom is 0.0735 e. The summed E-state index contributed by atoms with van der Waals surface area (Å²) in [7, 11) is 0. The Morgan fingerprint density at radius 2 is 1.88 bits per heavy atom. The number of aliphatic hydroxyl groups is 1. The number of hydrogen-bond acceptors (Lipinski definition) is 3. The first-order chi connectivity index (χ1) is 7.72. The van der Waals surface area contributed by atoms with Gasteiger partial charge >= 0.3 is 0 Å². The van der Waals surface area contributed by atoms with Crippen LogP contribution in [0.3, 0.4) is 0 Å². The van der Waals surface area contributed by atoms with Gasteiger partial charge in [-0.1, -0.05) is 31.2 Å². The van der Waals surface area contributed by atoms with Crippen molar-refractivity contribution in [1.82, 2.24) is 10.2 Å². The summed E-state index contributed by atoms with van der Waals surface area (Å²) in [4.78, 5) is 0. The van der Waals surface area contributed by atoms with Crippen molar-refractivity contribution in [3.63, 3.8) is 0 Å². The van der Waals surface area contributed by atoms with E-state index >= 15 is 0 Å². The number of benzene rings is 1. The average Bonchev–Trinajstić information content (AvgIpc) is 2.33. The van der Waals surface area contributed by atoms with E-state index in [9.17, 15) is 5.11 Å². The normalized spacial score (nSPS) is 12.9. The number of nitrogens with zero attached hydrogens (tertiary/aromatic N) is 2. The Morgan fingerprint density at radius 1 is 1.19 bits per heavy atom. The third-order valence-corrected chi connectivity index (χ3v) is 2.85. The van der Waals surface area contributed by atoms with E-state index in [1.165, 1.54) is 0 Å². The Balaban J connectivity index is 2.50. The first-order valence-electron chi connectivity index (χ1n) is 5.61. The Morgan fingerprint density at radius 3 is 2.56 bits per heavy atom. The lowest BCUT2D eigenvalue weighted by molar-refractivity contribution is 0.170. The van der Waals surface area contributed by atoms with Crippen LogP contribution >= 0.6 is 0 Å². The van der Waals surface area contributed by atoms with E-state index in [1.54, 1.807) is 0 Å². The molecule has 0 radical (unpaired) electrons. The molecule has 0 saturated heterocycles. The fraction of sp³-hybridized carbons (Fsp3) is 0.385. The first kappa shape index (κ1) is 11.0. The van der Waals surface area contributed by atoms with Gasteiger partial charge in [0.25, 0.3) is 0 Å². The van der Waals surface area contributed by atoms with Crippen molar-refractivity contribution in [2.45, 2.75) is 32.8 Å². The average molecular weight is 216 g/mol.